The van der Waals surface area contributed by atoms with Crippen LogP contribution in [0.3, 0.4) is 0 Å². The zero-order valence-corrected chi connectivity index (χ0v) is 15.5. The van der Waals surface area contributed by atoms with Crippen molar-refractivity contribution in [3.8, 4) is 5.75 Å². The Kier molecular flexibility index (Phi) is 6.51. The van der Waals surface area contributed by atoms with Gasteiger partial charge in [-0.2, -0.15) is 0 Å². The van der Waals surface area contributed by atoms with Crippen molar-refractivity contribution < 1.29 is 9.13 Å². The number of nitrogens with one attached hydrogen (secondary N) is 1. The van der Waals surface area contributed by atoms with E-state index in [-0.39, 0.29) is 12.4 Å². The number of para-hydroxylation sites is 1. The molecule has 134 valence electrons. The Morgan fingerprint density at radius 3 is 2.23 bits per heavy atom. The zero-order chi connectivity index (χ0) is 18.4. The van der Waals surface area contributed by atoms with Crippen LogP contribution in [0.25, 0.3) is 0 Å². The van der Waals surface area contributed by atoms with Crippen LogP contribution in [0.4, 0.5) is 4.39 Å². The molecular weight excluding hydrogens is 372 g/mol. The van der Waals surface area contributed by atoms with Gasteiger partial charge in [-0.3, -0.25) is 0 Å². The molecule has 0 bridgehead atoms. The molecule has 0 fully saturated rings. The summed E-state index contributed by atoms with van der Waals surface area (Å²) >= 11 is 12.2. The minimum Gasteiger partial charge on any atom is -0.489 e. The third kappa shape index (κ3) is 4.98. The molecule has 2 nitrogen and oxygen atoms in total. The molecule has 0 aromatic heterocycles. The SMILES string of the molecule is Fc1ccc(COc2ccccc2CNCc2ccccc2Cl)c(Cl)c1. The van der Waals surface area contributed by atoms with Gasteiger partial charge in [0, 0.05) is 29.2 Å². The van der Waals surface area contributed by atoms with Crippen molar-refractivity contribution in [2.75, 3.05) is 0 Å². The topological polar surface area (TPSA) is 21.3 Å². The van der Waals surface area contributed by atoms with Crippen LogP contribution < -0.4 is 10.1 Å². The molecule has 0 aliphatic heterocycles. The van der Waals surface area contributed by atoms with Crippen molar-refractivity contribution in [3.05, 3.63) is 99.3 Å². The number of benzene rings is 3. The summed E-state index contributed by atoms with van der Waals surface area (Å²) in [5.74, 6) is 0.405. The zero-order valence-electron chi connectivity index (χ0n) is 14.0. The quantitative estimate of drug-likeness (QED) is 0.534. The van der Waals surface area contributed by atoms with Crippen LogP contribution in [0.2, 0.25) is 10.0 Å². The van der Waals surface area contributed by atoms with Crippen molar-refractivity contribution in [1.29, 1.82) is 0 Å². The Bertz CT molecular complexity index is 885. The van der Waals surface area contributed by atoms with Crippen molar-refractivity contribution in [3.63, 3.8) is 0 Å². The number of hydrogen-bond donors (Lipinski definition) is 1. The molecule has 0 atom stereocenters. The molecule has 0 saturated carbocycles. The maximum atomic E-state index is 13.1. The van der Waals surface area contributed by atoms with E-state index in [1.165, 1.54) is 12.1 Å². The molecular formula is C21H18Cl2FNO. The fraction of sp³-hybridized carbons (Fsp3) is 0.143. The van der Waals surface area contributed by atoms with E-state index in [0.29, 0.717) is 18.1 Å². The lowest BCUT2D eigenvalue weighted by molar-refractivity contribution is 0.302. The largest absolute Gasteiger partial charge is 0.489 e. The predicted octanol–water partition coefficient (Wildman–Crippen LogP) is 6.00. The number of rotatable bonds is 7. The molecule has 0 radical (unpaired) electrons. The van der Waals surface area contributed by atoms with Gasteiger partial charge < -0.3 is 10.1 Å². The van der Waals surface area contributed by atoms with Crippen molar-refractivity contribution in [2.45, 2.75) is 19.7 Å². The Balaban J connectivity index is 1.61. The molecule has 0 aliphatic carbocycles. The van der Waals surface area contributed by atoms with Crippen LogP contribution >= 0.6 is 23.2 Å². The van der Waals surface area contributed by atoms with Gasteiger partial charge in [0.1, 0.15) is 18.2 Å². The highest BCUT2D eigenvalue weighted by Gasteiger charge is 2.07. The highest BCUT2D eigenvalue weighted by Crippen LogP contribution is 2.23. The van der Waals surface area contributed by atoms with Crippen molar-refractivity contribution in [1.82, 2.24) is 5.32 Å². The highest BCUT2D eigenvalue weighted by molar-refractivity contribution is 6.31. The average molecular weight is 390 g/mol. The number of ether oxygens (including phenoxy) is 1. The van der Waals surface area contributed by atoms with Gasteiger partial charge in [0.25, 0.3) is 0 Å². The van der Waals surface area contributed by atoms with E-state index < -0.39 is 0 Å². The smallest absolute Gasteiger partial charge is 0.124 e. The lowest BCUT2D eigenvalue weighted by Crippen LogP contribution is -2.14. The van der Waals surface area contributed by atoms with Crippen molar-refractivity contribution >= 4 is 23.2 Å². The first-order valence-corrected chi connectivity index (χ1v) is 8.98. The maximum absolute atomic E-state index is 13.1. The Labute approximate surface area is 162 Å². The Morgan fingerprint density at radius 2 is 1.46 bits per heavy atom. The van der Waals surface area contributed by atoms with E-state index >= 15 is 0 Å². The van der Waals surface area contributed by atoms with Gasteiger partial charge in [-0.05, 0) is 29.8 Å². The summed E-state index contributed by atoms with van der Waals surface area (Å²) in [6, 6.07) is 19.8. The third-order valence-corrected chi connectivity index (χ3v) is 4.68. The summed E-state index contributed by atoms with van der Waals surface area (Å²) in [5, 5.41) is 4.48. The number of hydrogen-bond acceptors (Lipinski definition) is 2. The average Bonchev–Trinajstić information content (AvgIpc) is 2.63. The summed E-state index contributed by atoms with van der Waals surface area (Å²) < 4.78 is 19.0. The maximum Gasteiger partial charge on any atom is 0.124 e. The van der Waals surface area contributed by atoms with Gasteiger partial charge in [-0.15, -0.1) is 0 Å². The highest BCUT2D eigenvalue weighted by atomic mass is 35.5. The van der Waals surface area contributed by atoms with Crippen molar-refractivity contribution in [2.24, 2.45) is 0 Å². The Morgan fingerprint density at radius 1 is 0.769 bits per heavy atom. The first-order valence-electron chi connectivity index (χ1n) is 8.22. The molecule has 5 heteroatoms. The van der Waals surface area contributed by atoms with Crippen LogP contribution in [0, 0.1) is 5.82 Å². The molecule has 0 amide bonds. The first kappa shape index (κ1) is 18.7. The molecule has 3 rings (SSSR count). The third-order valence-electron chi connectivity index (χ3n) is 3.96. The van der Waals surface area contributed by atoms with Gasteiger partial charge in [0.15, 0.2) is 0 Å². The van der Waals surface area contributed by atoms with Gasteiger partial charge >= 0.3 is 0 Å². The van der Waals surface area contributed by atoms with E-state index in [4.69, 9.17) is 27.9 Å². The monoisotopic (exact) mass is 389 g/mol. The van der Waals surface area contributed by atoms with E-state index in [2.05, 4.69) is 5.32 Å². The molecule has 3 aromatic rings. The van der Waals surface area contributed by atoms with E-state index in [1.54, 1.807) is 6.07 Å². The van der Waals surface area contributed by atoms with Gasteiger partial charge in [-0.1, -0.05) is 65.7 Å². The Hall–Kier alpha value is -2.07. The lowest BCUT2D eigenvalue weighted by atomic mass is 10.1. The van der Waals surface area contributed by atoms with Crippen LogP contribution in [0.15, 0.2) is 66.7 Å². The second kappa shape index (κ2) is 9.04. The van der Waals surface area contributed by atoms with Crippen LogP contribution in [-0.4, -0.2) is 0 Å². The van der Waals surface area contributed by atoms with Gasteiger partial charge in [-0.25, -0.2) is 4.39 Å². The molecule has 0 saturated heterocycles. The van der Waals surface area contributed by atoms with Gasteiger partial charge in [0.05, 0.1) is 5.02 Å². The summed E-state index contributed by atoms with van der Waals surface area (Å²) in [4.78, 5) is 0. The molecule has 26 heavy (non-hydrogen) atoms. The molecule has 0 heterocycles. The molecule has 1 N–H and O–H groups in total. The summed E-state index contributed by atoms with van der Waals surface area (Å²) in [5.41, 5.74) is 2.82. The molecule has 0 unspecified atom stereocenters. The fourth-order valence-corrected chi connectivity index (χ4v) is 2.98. The summed E-state index contributed by atoms with van der Waals surface area (Å²) in [7, 11) is 0. The second-order valence-corrected chi connectivity index (χ2v) is 6.64. The van der Waals surface area contributed by atoms with E-state index in [1.807, 2.05) is 48.5 Å². The summed E-state index contributed by atoms with van der Waals surface area (Å²) in [6.45, 7) is 1.58. The van der Waals surface area contributed by atoms with E-state index in [9.17, 15) is 4.39 Å². The normalized spacial score (nSPS) is 10.7. The van der Waals surface area contributed by atoms with Gasteiger partial charge in [0.2, 0.25) is 0 Å². The lowest BCUT2D eigenvalue weighted by Gasteiger charge is -2.13. The van der Waals surface area contributed by atoms with Crippen LogP contribution in [0.1, 0.15) is 16.7 Å². The number of halogens is 3. The molecule has 0 spiro atoms. The fourth-order valence-electron chi connectivity index (χ4n) is 2.56. The molecule has 3 aromatic carbocycles. The summed E-state index contributed by atoms with van der Waals surface area (Å²) in [6.07, 6.45) is 0. The minimum atomic E-state index is -0.358. The predicted molar refractivity (Wildman–Crippen MR) is 104 cm³/mol. The molecule has 0 aliphatic rings. The van der Waals surface area contributed by atoms with Crippen LogP contribution in [-0.2, 0) is 19.7 Å². The first-order chi connectivity index (χ1) is 12.6. The van der Waals surface area contributed by atoms with Crippen LogP contribution in [0.5, 0.6) is 5.75 Å². The standard InChI is InChI=1S/C21H18Cl2FNO/c22-19-7-3-1-5-15(19)12-25-13-16-6-2-4-8-21(16)26-14-17-9-10-18(24)11-20(17)23/h1-11,25H,12-14H2. The second-order valence-electron chi connectivity index (χ2n) is 5.83. The minimum absolute atomic E-state index is 0.278. The van der Waals surface area contributed by atoms with E-state index in [0.717, 1.165) is 27.5 Å².